The van der Waals surface area contributed by atoms with Crippen molar-refractivity contribution in [3.05, 3.63) is 40.8 Å². The Bertz CT molecular complexity index is 665. The van der Waals surface area contributed by atoms with E-state index in [0.29, 0.717) is 5.39 Å². The lowest BCUT2D eigenvalue weighted by Crippen LogP contribution is -1.98. The Balaban J connectivity index is 2.72. The molecule has 2 aromatic heterocycles. The summed E-state index contributed by atoms with van der Waals surface area (Å²) in [5, 5.41) is 6.93. The molecule has 0 fully saturated rings. The summed E-state index contributed by atoms with van der Waals surface area (Å²) in [5.74, 6) is 0. The predicted molar refractivity (Wildman–Crippen MR) is 54.2 cm³/mol. The van der Waals surface area contributed by atoms with Crippen LogP contribution in [0.5, 0.6) is 0 Å². The minimum atomic E-state index is -0.0985. The zero-order chi connectivity index (χ0) is 9.54. The van der Waals surface area contributed by atoms with Gasteiger partial charge in [-0.15, -0.1) is 0 Å². The number of pyridine rings is 1. The molecule has 1 aromatic carbocycles. The molecule has 0 aliphatic heterocycles. The Labute approximate surface area is 78.6 Å². The molecule has 0 saturated carbocycles. The third-order valence-corrected chi connectivity index (χ3v) is 2.32. The molecule has 0 unspecified atom stereocenters. The lowest BCUT2D eigenvalue weighted by Gasteiger charge is -1.95. The SMILES string of the molecule is O=c1[nH][nH]c2ccc3ncccc3c12. The zero-order valence-electron chi connectivity index (χ0n) is 7.24. The molecule has 0 amide bonds. The van der Waals surface area contributed by atoms with Gasteiger partial charge in [0, 0.05) is 11.6 Å². The largest absolute Gasteiger partial charge is 0.297 e. The molecule has 0 radical (unpaired) electrons. The van der Waals surface area contributed by atoms with E-state index in [1.807, 2.05) is 24.3 Å². The first-order valence-corrected chi connectivity index (χ1v) is 4.30. The Morgan fingerprint density at radius 3 is 3.00 bits per heavy atom. The highest BCUT2D eigenvalue weighted by atomic mass is 16.1. The van der Waals surface area contributed by atoms with Crippen molar-refractivity contribution in [3.63, 3.8) is 0 Å². The number of hydrogen-bond donors (Lipinski definition) is 2. The van der Waals surface area contributed by atoms with Crippen molar-refractivity contribution < 1.29 is 0 Å². The van der Waals surface area contributed by atoms with Gasteiger partial charge in [0.15, 0.2) is 0 Å². The number of nitrogens with zero attached hydrogens (tertiary/aromatic N) is 1. The maximum absolute atomic E-state index is 11.5. The topological polar surface area (TPSA) is 61.5 Å². The highest BCUT2D eigenvalue weighted by Crippen LogP contribution is 2.18. The average molecular weight is 185 g/mol. The summed E-state index contributed by atoms with van der Waals surface area (Å²) in [7, 11) is 0. The molecule has 4 nitrogen and oxygen atoms in total. The summed E-state index contributed by atoms with van der Waals surface area (Å²) in [6.07, 6.45) is 1.72. The number of aromatic nitrogens is 3. The van der Waals surface area contributed by atoms with Gasteiger partial charge in [0.1, 0.15) is 0 Å². The normalized spacial score (nSPS) is 11.1. The van der Waals surface area contributed by atoms with E-state index in [2.05, 4.69) is 15.2 Å². The van der Waals surface area contributed by atoms with Crippen LogP contribution in [-0.2, 0) is 0 Å². The van der Waals surface area contributed by atoms with Crippen molar-refractivity contribution >= 4 is 21.8 Å². The molecule has 2 N–H and O–H groups in total. The van der Waals surface area contributed by atoms with E-state index in [1.54, 1.807) is 6.20 Å². The van der Waals surface area contributed by atoms with Crippen LogP contribution >= 0.6 is 0 Å². The fourth-order valence-electron chi connectivity index (χ4n) is 1.69. The van der Waals surface area contributed by atoms with Gasteiger partial charge in [-0.3, -0.25) is 20.0 Å². The highest BCUT2D eigenvalue weighted by Gasteiger charge is 2.05. The van der Waals surface area contributed by atoms with Crippen LogP contribution in [0.25, 0.3) is 21.8 Å². The third kappa shape index (κ3) is 0.821. The van der Waals surface area contributed by atoms with Crippen molar-refractivity contribution in [2.24, 2.45) is 0 Å². The molecular formula is C10H7N3O. The van der Waals surface area contributed by atoms with Crippen molar-refractivity contribution in [3.8, 4) is 0 Å². The average Bonchev–Trinajstić information content (AvgIpc) is 2.61. The first kappa shape index (κ1) is 7.32. The molecule has 0 saturated heterocycles. The third-order valence-electron chi connectivity index (χ3n) is 2.32. The summed E-state index contributed by atoms with van der Waals surface area (Å²) >= 11 is 0. The minimum Gasteiger partial charge on any atom is -0.297 e. The zero-order valence-corrected chi connectivity index (χ0v) is 7.24. The number of benzene rings is 1. The maximum atomic E-state index is 11.5. The van der Waals surface area contributed by atoms with Crippen molar-refractivity contribution in [2.75, 3.05) is 0 Å². The van der Waals surface area contributed by atoms with Gasteiger partial charge < -0.3 is 0 Å². The van der Waals surface area contributed by atoms with Gasteiger partial charge >= 0.3 is 0 Å². The molecule has 0 spiro atoms. The van der Waals surface area contributed by atoms with E-state index in [4.69, 9.17) is 0 Å². The van der Waals surface area contributed by atoms with E-state index in [1.165, 1.54) is 0 Å². The Kier molecular flexibility index (Phi) is 1.28. The molecule has 14 heavy (non-hydrogen) atoms. The number of aromatic amines is 2. The van der Waals surface area contributed by atoms with E-state index in [9.17, 15) is 4.79 Å². The number of rotatable bonds is 0. The molecule has 2 heterocycles. The summed E-state index contributed by atoms with van der Waals surface area (Å²) < 4.78 is 0. The van der Waals surface area contributed by atoms with E-state index in [0.717, 1.165) is 16.4 Å². The molecule has 68 valence electrons. The molecule has 0 bridgehead atoms. The highest BCUT2D eigenvalue weighted by molar-refractivity contribution is 6.04. The van der Waals surface area contributed by atoms with Crippen molar-refractivity contribution in [2.45, 2.75) is 0 Å². The van der Waals surface area contributed by atoms with Crippen LogP contribution in [0.3, 0.4) is 0 Å². The van der Waals surface area contributed by atoms with Crippen LogP contribution in [0.4, 0.5) is 0 Å². The van der Waals surface area contributed by atoms with Crippen LogP contribution in [0.2, 0.25) is 0 Å². The van der Waals surface area contributed by atoms with Gasteiger partial charge in [0.25, 0.3) is 5.56 Å². The lowest BCUT2D eigenvalue weighted by atomic mass is 10.1. The second-order valence-corrected chi connectivity index (χ2v) is 3.14. The fourth-order valence-corrected chi connectivity index (χ4v) is 1.69. The van der Waals surface area contributed by atoms with Gasteiger partial charge in [-0.1, -0.05) is 6.07 Å². The summed E-state index contributed by atoms with van der Waals surface area (Å²) in [4.78, 5) is 15.7. The molecular weight excluding hydrogens is 178 g/mol. The van der Waals surface area contributed by atoms with Crippen LogP contribution in [0.15, 0.2) is 35.3 Å². The number of H-pyrrole nitrogens is 2. The van der Waals surface area contributed by atoms with Gasteiger partial charge in [-0.05, 0) is 18.2 Å². The molecule has 0 aliphatic rings. The van der Waals surface area contributed by atoms with Crippen LogP contribution < -0.4 is 5.56 Å². The molecule has 4 heteroatoms. The Morgan fingerprint density at radius 1 is 1.14 bits per heavy atom. The van der Waals surface area contributed by atoms with Crippen LogP contribution in [0, 0.1) is 0 Å². The molecule has 0 aliphatic carbocycles. The Hall–Kier alpha value is -2.10. The first-order chi connectivity index (χ1) is 6.86. The van der Waals surface area contributed by atoms with E-state index in [-0.39, 0.29) is 5.56 Å². The first-order valence-electron chi connectivity index (χ1n) is 4.30. The quantitative estimate of drug-likeness (QED) is 0.556. The van der Waals surface area contributed by atoms with E-state index < -0.39 is 0 Å². The summed E-state index contributed by atoms with van der Waals surface area (Å²) in [6.45, 7) is 0. The second-order valence-electron chi connectivity index (χ2n) is 3.14. The van der Waals surface area contributed by atoms with Crippen LogP contribution in [-0.4, -0.2) is 15.2 Å². The predicted octanol–water partition coefficient (Wildman–Crippen LogP) is 1.40. The Morgan fingerprint density at radius 2 is 2.07 bits per heavy atom. The standard InChI is InChI=1S/C10H7N3O/c14-10-9-6-2-1-5-11-7(6)3-4-8(9)12-13-10/h1-5H,(H2,12,13,14). The minimum absolute atomic E-state index is 0.0985. The summed E-state index contributed by atoms with van der Waals surface area (Å²) in [5.41, 5.74) is 1.55. The van der Waals surface area contributed by atoms with Crippen molar-refractivity contribution in [1.29, 1.82) is 0 Å². The number of nitrogens with one attached hydrogen (secondary N) is 2. The monoisotopic (exact) mass is 185 g/mol. The van der Waals surface area contributed by atoms with Gasteiger partial charge in [0.05, 0.1) is 16.4 Å². The summed E-state index contributed by atoms with van der Waals surface area (Å²) in [6, 6.07) is 7.46. The van der Waals surface area contributed by atoms with Crippen molar-refractivity contribution in [1.82, 2.24) is 15.2 Å². The number of fused-ring (bicyclic) bond motifs is 3. The number of hydrogen-bond acceptors (Lipinski definition) is 2. The van der Waals surface area contributed by atoms with Gasteiger partial charge in [0.2, 0.25) is 0 Å². The fraction of sp³-hybridized carbons (Fsp3) is 0. The molecule has 3 aromatic rings. The molecule has 3 rings (SSSR count). The van der Waals surface area contributed by atoms with Gasteiger partial charge in [-0.25, -0.2) is 0 Å². The maximum Gasteiger partial charge on any atom is 0.272 e. The smallest absolute Gasteiger partial charge is 0.272 e. The second kappa shape index (κ2) is 2.45. The lowest BCUT2D eigenvalue weighted by molar-refractivity contribution is 1.08. The molecule has 0 atom stereocenters. The van der Waals surface area contributed by atoms with E-state index >= 15 is 0 Å². The van der Waals surface area contributed by atoms with Crippen LogP contribution in [0.1, 0.15) is 0 Å². The van der Waals surface area contributed by atoms with Gasteiger partial charge in [-0.2, -0.15) is 0 Å².